The summed E-state index contributed by atoms with van der Waals surface area (Å²) in [5.74, 6) is -0.306. The highest BCUT2D eigenvalue weighted by Gasteiger charge is 2.29. The highest BCUT2D eigenvalue weighted by atomic mass is 19.1. The first kappa shape index (κ1) is 9.96. The smallest absolute Gasteiger partial charge is 0.414 e. The van der Waals surface area contributed by atoms with Crippen LogP contribution in [0.25, 0.3) is 0 Å². The summed E-state index contributed by atoms with van der Waals surface area (Å²) in [6.07, 6.45) is -0.549. The molecule has 0 aromatic heterocycles. The van der Waals surface area contributed by atoms with Crippen LogP contribution < -0.4 is 4.90 Å². The molecule has 1 atom stereocenters. The average molecular weight is 209 g/mol. The number of carbonyl (C=O) groups excluding carboxylic acids is 1. The second-order valence-electron chi connectivity index (χ2n) is 3.74. The zero-order valence-electron chi connectivity index (χ0n) is 8.66. The number of benzene rings is 1. The monoisotopic (exact) mass is 209 g/mol. The van der Waals surface area contributed by atoms with Crippen molar-refractivity contribution in [2.45, 2.75) is 20.0 Å². The average Bonchev–Trinajstić information content (AvgIpc) is 2.50. The Morgan fingerprint density at radius 1 is 1.53 bits per heavy atom. The van der Waals surface area contributed by atoms with E-state index in [0.717, 1.165) is 0 Å². The van der Waals surface area contributed by atoms with E-state index in [0.29, 0.717) is 17.8 Å². The molecule has 0 saturated carbocycles. The zero-order chi connectivity index (χ0) is 11.0. The van der Waals surface area contributed by atoms with Crippen LogP contribution in [-0.4, -0.2) is 18.7 Å². The summed E-state index contributed by atoms with van der Waals surface area (Å²) in [6.45, 7) is 3.97. The highest BCUT2D eigenvalue weighted by Crippen LogP contribution is 2.23. The van der Waals surface area contributed by atoms with Crippen LogP contribution in [0.4, 0.5) is 14.9 Å². The van der Waals surface area contributed by atoms with Crippen LogP contribution in [0.3, 0.4) is 0 Å². The third kappa shape index (κ3) is 1.79. The third-order valence-corrected chi connectivity index (χ3v) is 2.43. The van der Waals surface area contributed by atoms with E-state index in [-0.39, 0.29) is 11.9 Å². The normalized spacial score (nSPS) is 20.6. The van der Waals surface area contributed by atoms with Gasteiger partial charge in [-0.1, -0.05) is 6.07 Å². The summed E-state index contributed by atoms with van der Waals surface area (Å²) in [6, 6.07) is 4.73. The van der Waals surface area contributed by atoms with Crippen LogP contribution in [0.1, 0.15) is 12.5 Å². The summed E-state index contributed by atoms with van der Waals surface area (Å²) in [5.41, 5.74) is 1.12. The first-order valence-corrected chi connectivity index (χ1v) is 4.82. The van der Waals surface area contributed by atoms with E-state index >= 15 is 0 Å². The van der Waals surface area contributed by atoms with Gasteiger partial charge in [-0.05, 0) is 31.5 Å². The van der Waals surface area contributed by atoms with Gasteiger partial charge < -0.3 is 4.74 Å². The number of carbonyl (C=O) groups is 1. The molecule has 15 heavy (non-hydrogen) atoms. The standard InChI is InChI=1S/C11H12FNO2/c1-7-3-4-9(5-10(7)12)13-6-8(2)15-11(13)14/h3-5,8H,6H2,1-2H3/t8-/m0/s1. The number of hydrogen-bond acceptors (Lipinski definition) is 2. The van der Waals surface area contributed by atoms with E-state index in [4.69, 9.17) is 4.74 Å². The van der Waals surface area contributed by atoms with E-state index < -0.39 is 6.09 Å². The number of cyclic esters (lactones) is 1. The zero-order valence-corrected chi connectivity index (χ0v) is 8.66. The SMILES string of the molecule is Cc1ccc(N2C[C@H](C)OC2=O)cc1F. The maximum Gasteiger partial charge on any atom is 0.414 e. The van der Waals surface area contributed by atoms with Gasteiger partial charge in [-0.15, -0.1) is 0 Å². The first-order chi connectivity index (χ1) is 7.08. The lowest BCUT2D eigenvalue weighted by Crippen LogP contribution is -2.24. The van der Waals surface area contributed by atoms with Crippen molar-refractivity contribution >= 4 is 11.8 Å². The van der Waals surface area contributed by atoms with Gasteiger partial charge in [0, 0.05) is 0 Å². The van der Waals surface area contributed by atoms with Crippen LogP contribution in [-0.2, 0) is 4.74 Å². The number of halogens is 1. The van der Waals surface area contributed by atoms with Gasteiger partial charge in [0.2, 0.25) is 0 Å². The third-order valence-electron chi connectivity index (χ3n) is 2.43. The van der Waals surface area contributed by atoms with Crippen molar-refractivity contribution < 1.29 is 13.9 Å². The van der Waals surface area contributed by atoms with Crippen LogP contribution in [0.2, 0.25) is 0 Å². The summed E-state index contributed by atoms with van der Waals surface area (Å²) < 4.78 is 18.2. The predicted octanol–water partition coefficient (Wildman–Crippen LogP) is 2.48. The Bertz CT molecular complexity index is 406. The molecule has 0 spiro atoms. The largest absolute Gasteiger partial charge is 0.444 e. The number of aryl methyl sites for hydroxylation is 1. The Morgan fingerprint density at radius 3 is 2.80 bits per heavy atom. The minimum absolute atomic E-state index is 0.137. The number of amides is 1. The molecule has 0 radical (unpaired) electrons. The van der Waals surface area contributed by atoms with Crippen molar-refractivity contribution in [1.29, 1.82) is 0 Å². The van der Waals surface area contributed by atoms with Gasteiger partial charge in [0.1, 0.15) is 11.9 Å². The van der Waals surface area contributed by atoms with Gasteiger partial charge in [0.15, 0.2) is 0 Å². The van der Waals surface area contributed by atoms with Gasteiger partial charge in [-0.3, -0.25) is 4.90 Å². The second kappa shape index (κ2) is 3.53. The molecule has 1 saturated heterocycles. The van der Waals surface area contributed by atoms with Crippen LogP contribution in [0.5, 0.6) is 0 Å². The molecule has 1 amide bonds. The molecule has 0 aliphatic carbocycles. The lowest BCUT2D eigenvalue weighted by molar-refractivity contribution is 0.150. The molecule has 0 N–H and O–H groups in total. The van der Waals surface area contributed by atoms with E-state index in [2.05, 4.69) is 0 Å². The number of nitrogens with zero attached hydrogens (tertiary/aromatic N) is 1. The van der Waals surface area contributed by atoms with E-state index in [1.165, 1.54) is 11.0 Å². The molecule has 1 fully saturated rings. The van der Waals surface area contributed by atoms with Crippen molar-refractivity contribution in [1.82, 2.24) is 0 Å². The lowest BCUT2D eigenvalue weighted by atomic mass is 10.2. The van der Waals surface area contributed by atoms with Gasteiger partial charge in [-0.2, -0.15) is 0 Å². The molecular weight excluding hydrogens is 197 g/mol. The Kier molecular flexibility index (Phi) is 2.34. The van der Waals surface area contributed by atoms with Gasteiger partial charge in [-0.25, -0.2) is 9.18 Å². The van der Waals surface area contributed by atoms with Crippen LogP contribution >= 0.6 is 0 Å². The molecule has 1 aliphatic rings. The fraction of sp³-hybridized carbons (Fsp3) is 0.364. The summed E-state index contributed by atoms with van der Waals surface area (Å²) >= 11 is 0. The van der Waals surface area contributed by atoms with E-state index in [1.807, 2.05) is 6.92 Å². The number of ether oxygens (including phenoxy) is 1. The minimum atomic E-state index is -0.411. The van der Waals surface area contributed by atoms with Crippen LogP contribution in [0.15, 0.2) is 18.2 Å². The molecule has 1 heterocycles. The molecule has 4 heteroatoms. The number of rotatable bonds is 1. The van der Waals surface area contributed by atoms with Gasteiger partial charge in [0.05, 0.1) is 12.2 Å². The lowest BCUT2D eigenvalue weighted by Gasteiger charge is -2.13. The Balaban J connectivity index is 2.30. The summed E-state index contributed by atoms with van der Waals surface area (Å²) in [4.78, 5) is 12.8. The molecule has 1 aliphatic heterocycles. The maximum atomic E-state index is 13.3. The van der Waals surface area contributed by atoms with E-state index in [9.17, 15) is 9.18 Å². The molecule has 1 aromatic rings. The molecule has 2 rings (SSSR count). The maximum absolute atomic E-state index is 13.3. The van der Waals surface area contributed by atoms with Crippen molar-refractivity contribution in [3.8, 4) is 0 Å². The van der Waals surface area contributed by atoms with Crippen molar-refractivity contribution in [2.75, 3.05) is 11.4 Å². The molecule has 80 valence electrons. The van der Waals surface area contributed by atoms with Gasteiger partial charge in [0.25, 0.3) is 0 Å². The first-order valence-electron chi connectivity index (χ1n) is 4.82. The van der Waals surface area contributed by atoms with E-state index in [1.54, 1.807) is 19.1 Å². The van der Waals surface area contributed by atoms with Gasteiger partial charge >= 0.3 is 6.09 Å². The highest BCUT2D eigenvalue weighted by molar-refractivity contribution is 5.89. The van der Waals surface area contributed by atoms with Crippen molar-refractivity contribution in [2.24, 2.45) is 0 Å². The number of anilines is 1. The topological polar surface area (TPSA) is 29.5 Å². The molecule has 0 bridgehead atoms. The van der Waals surface area contributed by atoms with Crippen LogP contribution in [0, 0.1) is 12.7 Å². The second-order valence-corrected chi connectivity index (χ2v) is 3.74. The Labute approximate surface area is 87.5 Å². The fourth-order valence-corrected chi connectivity index (χ4v) is 1.57. The molecule has 1 aromatic carbocycles. The predicted molar refractivity (Wildman–Crippen MR) is 54.4 cm³/mol. The molecular formula is C11H12FNO2. The Hall–Kier alpha value is -1.58. The van der Waals surface area contributed by atoms with Crippen molar-refractivity contribution in [3.63, 3.8) is 0 Å². The number of hydrogen-bond donors (Lipinski definition) is 0. The Morgan fingerprint density at radius 2 is 2.27 bits per heavy atom. The summed E-state index contributed by atoms with van der Waals surface area (Å²) in [5, 5.41) is 0. The quantitative estimate of drug-likeness (QED) is 0.711. The minimum Gasteiger partial charge on any atom is -0.444 e. The molecule has 3 nitrogen and oxygen atoms in total. The molecule has 0 unspecified atom stereocenters. The fourth-order valence-electron chi connectivity index (χ4n) is 1.57. The van der Waals surface area contributed by atoms with Crippen molar-refractivity contribution in [3.05, 3.63) is 29.6 Å². The summed E-state index contributed by atoms with van der Waals surface area (Å²) in [7, 11) is 0.